The molecule has 0 spiro atoms. The van der Waals surface area contributed by atoms with Crippen molar-refractivity contribution in [1.82, 2.24) is 0 Å². The molecule has 2 aromatic carbocycles. The fourth-order valence-corrected chi connectivity index (χ4v) is 2.71. The van der Waals surface area contributed by atoms with E-state index in [0.717, 1.165) is 16.7 Å². The Morgan fingerprint density at radius 3 is 2.60 bits per heavy atom. The predicted molar refractivity (Wildman–Crippen MR) is 92.4 cm³/mol. The van der Waals surface area contributed by atoms with Gasteiger partial charge < -0.3 is 23.7 Å². The van der Waals surface area contributed by atoms with Gasteiger partial charge in [0.15, 0.2) is 17.2 Å². The van der Waals surface area contributed by atoms with Gasteiger partial charge in [-0.05, 0) is 29.3 Å². The van der Waals surface area contributed by atoms with Crippen LogP contribution in [0.1, 0.15) is 5.56 Å². The molecule has 0 aliphatic carbocycles. The van der Waals surface area contributed by atoms with Crippen molar-refractivity contribution in [2.75, 3.05) is 34.2 Å². The topological polar surface area (TPSA) is 63.2 Å². The highest BCUT2D eigenvalue weighted by molar-refractivity contribution is 5.72. The molecule has 0 fully saturated rings. The van der Waals surface area contributed by atoms with Crippen molar-refractivity contribution < 1.29 is 23.7 Å². The van der Waals surface area contributed by atoms with Crippen LogP contribution in [0.25, 0.3) is 11.1 Å². The summed E-state index contributed by atoms with van der Waals surface area (Å²) in [7, 11) is 3.05. The molecule has 0 unspecified atom stereocenters. The lowest BCUT2D eigenvalue weighted by Crippen LogP contribution is -2.17. The fourth-order valence-electron chi connectivity index (χ4n) is 2.71. The molecule has 0 radical (unpaired) electrons. The molecule has 1 aliphatic rings. The zero-order valence-electron chi connectivity index (χ0n) is 14.2. The Balaban J connectivity index is 2.08. The van der Waals surface area contributed by atoms with Gasteiger partial charge in [0.05, 0.1) is 13.7 Å². The molecule has 0 saturated heterocycles. The summed E-state index contributed by atoms with van der Waals surface area (Å²) in [5.74, 6) is 1.65. The van der Waals surface area contributed by atoms with Gasteiger partial charge in [-0.3, -0.25) is 4.79 Å². The molecule has 0 aromatic heterocycles. The fraction of sp³-hybridized carbons (Fsp3) is 0.316. The summed E-state index contributed by atoms with van der Waals surface area (Å²) >= 11 is 0. The molecule has 0 amide bonds. The number of ether oxygens (including phenoxy) is 5. The second-order valence-corrected chi connectivity index (χ2v) is 5.43. The Morgan fingerprint density at radius 1 is 1.00 bits per heavy atom. The predicted octanol–water partition coefficient (Wildman–Crippen LogP) is 2.61. The van der Waals surface area contributed by atoms with Crippen LogP contribution in [0.2, 0.25) is 0 Å². The summed E-state index contributed by atoms with van der Waals surface area (Å²) in [6, 6.07) is 10.6. The molecule has 1 aliphatic heterocycles. The van der Waals surface area contributed by atoms with Crippen molar-refractivity contribution in [3.05, 3.63) is 52.2 Å². The number of fused-ring (bicyclic) bond motifs is 1. The monoisotopic (exact) mass is 344 g/mol. The standard InChI is InChI=1S/C19H20O6/c1-21-12-23-11-15-14(5-8-18-19(15)25-10-9-24-18)13-3-6-16(20)17(22-2)7-4-13/h3-8H,9-12H2,1-2H3. The van der Waals surface area contributed by atoms with E-state index in [1.54, 1.807) is 19.2 Å². The molecule has 3 rings (SSSR count). The molecule has 0 atom stereocenters. The second kappa shape index (κ2) is 8.00. The smallest absolute Gasteiger partial charge is 0.220 e. The lowest BCUT2D eigenvalue weighted by Gasteiger charge is -2.23. The summed E-state index contributed by atoms with van der Waals surface area (Å²) < 4.78 is 27.1. The van der Waals surface area contributed by atoms with Crippen molar-refractivity contribution >= 4 is 0 Å². The quantitative estimate of drug-likeness (QED) is 0.593. The first-order chi connectivity index (χ1) is 12.2. The molecule has 25 heavy (non-hydrogen) atoms. The molecule has 6 nitrogen and oxygen atoms in total. The van der Waals surface area contributed by atoms with E-state index < -0.39 is 0 Å². The van der Waals surface area contributed by atoms with Crippen molar-refractivity contribution in [2.45, 2.75) is 6.61 Å². The molecule has 0 N–H and O–H groups in total. The van der Waals surface area contributed by atoms with Gasteiger partial charge in [-0.25, -0.2) is 0 Å². The van der Waals surface area contributed by atoms with Crippen molar-refractivity contribution in [1.29, 1.82) is 0 Å². The molecule has 6 heteroatoms. The van der Waals surface area contributed by atoms with Crippen LogP contribution in [0, 0.1) is 0 Å². The van der Waals surface area contributed by atoms with Crippen LogP contribution in [0.15, 0.2) is 41.2 Å². The Bertz CT molecular complexity index is 802. The summed E-state index contributed by atoms with van der Waals surface area (Å²) in [5, 5.41) is 0. The Hall–Kier alpha value is -2.57. The normalized spacial score (nSPS) is 12.7. The van der Waals surface area contributed by atoms with E-state index in [4.69, 9.17) is 23.7 Å². The summed E-state index contributed by atoms with van der Waals surface area (Å²) in [6.07, 6.45) is 0. The van der Waals surface area contributed by atoms with E-state index in [1.807, 2.05) is 18.2 Å². The van der Waals surface area contributed by atoms with Gasteiger partial charge in [0.2, 0.25) is 5.43 Å². The third-order valence-electron chi connectivity index (χ3n) is 3.86. The highest BCUT2D eigenvalue weighted by Crippen LogP contribution is 2.40. The van der Waals surface area contributed by atoms with Crippen LogP contribution in [0.3, 0.4) is 0 Å². The van der Waals surface area contributed by atoms with Gasteiger partial charge in [0.1, 0.15) is 20.0 Å². The van der Waals surface area contributed by atoms with Crippen molar-refractivity contribution in [3.63, 3.8) is 0 Å². The van der Waals surface area contributed by atoms with E-state index in [-0.39, 0.29) is 12.2 Å². The summed E-state index contributed by atoms with van der Waals surface area (Å²) in [5.41, 5.74) is 2.43. The first-order valence-electron chi connectivity index (χ1n) is 7.91. The van der Waals surface area contributed by atoms with Gasteiger partial charge in [0, 0.05) is 12.7 Å². The van der Waals surface area contributed by atoms with Crippen LogP contribution >= 0.6 is 0 Å². The maximum atomic E-state index is 12.0. The minimum absolute atomic E-state index is 0.172. The lowest BCUT2D eigenvalue weighted by molar-refractivity contribution is -0.0397. The third kappa shape index (κ3) is 3.75. The average Bonchev–Trinajstić information content (AvgIpc) is 2.83. The number of methoxy groups -OCH3 is 2. The van der Waals surface area contributed by atoms with E-state index in [9.17, 15) is 4.79 Å². The van der Waals surface area contributed by atoms with Crippen LogP contribution in [0.5, 0.6) is 17.2 Å². The van der Waals surface area contributed by atoms with E-state index in [1.165, 1.54) is 13.2 Å². The first kappa shape index (κ1) is 17.3. The number of benzene rings is 1. The van der Waals surface area contributed by atoms with Crippen LogP contribution in [-0.4, -0.2) is 34.2 Å². The minimum Gasteiger partial charge on any atom is -0.493 e. The molecular weight excluding hydrogens is 324 g/mol. The van der Waals surface area contributed by atoms with Crippen LogP contribution < -0.4 is 19.6 Å². The third-order valence-corrected chi connectivity index (χ3v) is 3.86. The Labute approximate surface area is 145 Å². The highest BCUT2D eigenvalue weighted by atomic mass is 16.7. The molecule has 0 bridgehead atoms. The molecule has 132 valence electrons. The molecular formula is C19H20O6. The van der Waals surface area contributed by atoms with Gasteiger partial charge in [-0.15, -0.1) is 0 Å². The van der Waals surface area contributed by atoms with E-state index in [2.05, 4.69) is 0 Å². The maximum Gasteiger partial charge on any atom is 0.220 e. The zero-order chi connectivity index (χ0) is 17.6. The van der Waals surface area contributed by atoms with E-state index >= 15 is 0 Å². The lowest BCUT2D eigenvalue weighted by atomic mass is 9.99. The zero-order valence-corrected chi connectivity index (χ0v) is 14.2. The number of hydrogen-bond donors (Lipinski definition) is 0. The maximum absolute atomic E-state index is 12.0. The highest BCUT2D eigenvalue weighted by Gasteiger charge is 2.20. The Kier molecular flexibility index (Phi) is 5.53. The SMILES string of the molecule is COCOCc1c(-c2ccc(OC)c(=O)cc2)ccc2c1OCCO2. The van der Waals surface area contributed by atoms with Crippen molar-refractivity contribution in [3.8, 4) is 28.4 Å². The summed E-state index contributed by atoms with van der Waals surface area (Å²) in [6.45, 7) is 1.47. The van der Waals surface area contributed by atoms with Gasteiger partial charge in [0.25, 0.3) is 0 Å². The Morgan fingerprint density at radius 2 is 1.80 bits per heavy atom. The number of rotatable bonds is 6. The first-order valence-corrected chi connectivity index (χ1v) is 7.91. The van der Waals surface area contributed by atoms with Gasteiger partial charge >= 0.3 is 0 Å². The largest absolute Gasteiger partial charge is 0.493 e. The van der Waals surface area contributed by atoms with E-state index in [0.29, 0.717) is 37.1 Å². The number of hydrogen-bond acceptors (Lipinski definition) is 6. The summed E-state index contributed by atoms with van der Waals surface area (Å²) in [4.78, 5) is 12.0. The second-order valence-electron chi connectivity index (χ2n) is 5.43. The molecule has 2 aromatic rings. The molecule has 1 heterocycles. The molecule has 0 saturated carbocycles. The van der Waals surface area contributed by atoms with Crippen LogP contribution in [0.4, 0.5) is 0 Å². The van der Waals surface area contributed by atoms with Crippen LogP contribution in [-0.2, 0) is 16.1 Å². The van der Waals surface area contributed by atoms with Gasteiger partial charge in [-0.1, -0.05) is 18.2 Å². The van der Waals surface area contributed by atoms with Gasteiger partial charge in [-0.2, -0.15) is 0 Å². The minimum atomic E-state index is -0.177. The average molecular weight is 344 g/mol. The van der Waals surface area contributed by atoms with Crippen molar-refractivity contribution in [2.24, 2.45) is 0 Å².